The molecular formula is C13H18N4O2. The molecule has 0 amide bonds. The predicted octanol–water partition coefficient (Wildman–Crippen LogP) is 0.478. The van der Waals surface area contributed by atoms with Gasteiger partial charge in [-0.25, -0.2) is 5.84 Å². The molecule has 0 aromatic heterocycles. The van der Waals surface area contributed by atoms with Crippen molar-refractivity contribution >= 4 is 17.4 Å². The van der Waals surface area contributed by atoms with Crippen LogP contribution in [-0.4, -0.2) is 30.7 Å². The fourth-order valence-corrected chi connectivity index (χ4v) is 2.03. The lowest BCUT2D eigenvalue weighted by molar-refractivity contribution is -0.140. The maximum absolute atomic E-state index is 10.9. The van der Waals surface area contributed by atoms with Crippen LogP contribution in [0.1, 0.15) is 12.5 Å². The van der Waals surface area contributed by atoms with Gasteiger partial charge in [-0.2, -0.15) is 0 Å². The topological polar surface area (TPSA) is 93.6 Å². The molecule has 2 rings (SSSR count). The van der Waals surface area contributed by atoms with Crippen LogP contribution in [0.25, 0.3) is 5.70 Å². The summed E-state index contributed by atoms with van der Waals surface area (Å²) < 4.78 is 4.94. The Labute approximate surface area is 112 Å². The van der Waals surface area contributed by atoms with Crippen molar-refractivity contribution in [2.75, 3.05) is 25.0 Å². The number of hydrazine groups is 1. The van der Waals surface area contributed by atoms with Crippen molar-refractivity contribution in [2.45, 2.75) is 6.92 Å². The van der Waals surface area contributed by atoms with Crippen LogP contribution in [-0.2, 0) is 9.53 Å². The van der Waals surface area contributed by atoms with E-state index in [1.807, 2.05) is 24.3 Å². The monoisotopic (exact) mass is 262 g/mol. The molecule has 6 nitrogen and oxygen atoms in total. The zero-order chi connectivity index (χ0) is 13.8. The summed E-state index contributed by atoms with van der Waals surface area (Å²) in [4.78, 5) is 10.9. The number of nitrogens with two attached hydrogens (primary N) is 2. The van der Waals surface area contributed by atoms with E-state index in [1.165, 1.54) is 6.92 Å². The summed E-state index contributed by atoms with van der Waals surface area (Å²) in [5, 5.41) is 4.87. The van der Waals surface area contributed by atoms with Crippen molar-refractivity contribution < 1.29 is 9.53 Å². The van der Waals surface area contributed by atoms with Crippen LogP contribution in [0.15, 0.2) is 30.0 Å². The Kier molecular flexibility index (Phi) is 3.91. The summed E-state index contributed by atoms with van der Waals surface area (Å²) in [6, 6.07) is 7.76. The molecule has 19 heavy (non-hydrogen) atoms. The van der Waals surface area contributed by atoms with Crippen LogP contribution in [0.5, 0.6) is 0 Å². The highest BCUT2D eigenvalue weighted by atomic mass is 16.5. The highest BCUT2D eigenvalue weighted by Gasteiger charge is 2.19. The number of rotatable bonds is 2. The Bertz CT molecular complexity index is 513. The third kappa shape index (κ3) is 2.97. The number of anilines is 1. The summed E-state index contributed by atoms with van der Waals surface area (Å²) >= 11 is 0. The smallest absolute Gasteiger partial charge is 0.303 e. The molecule has 102 valence electrons. The van der Waals surface area contributed by atoms with Gasteiger partial charge in [0.25, 0.3) is 0 Å². The minimum absolute atomic E-state index is 0.0344. The lowest BCUT2D eigenvalue weighted by Crippen LogP contribution is -2.34. The number of nitrogens with one attached hydrogen (secondary N) is 1. The van der Waals surface area contributed by atoms with E-state index in [0.717, 1.165) is 17.8 Å². The molecule has 0 unspecified atom stereocenters. The summed E-state index contributed by atoms with van der Waals surface area (Å²) in [5.41, 5.74) is 9.04. The number of ether oxygens (including phenoxy) is 1. The van der Waals surface area contributed by atoms with Crippen molar-refractivity contribution in [2.24, 2.45) is 11.6 Å². The molecule has 0 bridgehead atoms. The van der Waals surface area contributed by atoms with Gasteiger partial charge in [0, 0.05) is 24.7 Å². The second kappa shape index (κ2) is 5.62. The number of fused-ring (bicyclic) bond motifs is 1. The maximum atomic E-state index is 10.9. The third-order valence-corrected chi connectivity index (χ3v) is 2.87. The average Bonchev–Trinajstić information content (AvgIpc) is 2.54. The minimum Gasteiger partial charge on any atom is -0.459 e. The van der Waals surface area contributed by atoms with Crippen LogP contribution in [0.2, 0.25) is 0 Å². The second-order valence-corrected chi connectivity index (χ2v) is 4.32. The van der Waals surface area contributed by atoms with E-state index in [0.29, 0.717) is 17.9 Å². The van der Waals surface area contributed by atoms with Crippen LogP contribution in [0, 0.1) is 0 Å². The molecule has 5 N–H and O–H groups in total. The van der Waals surface area contributed by atoms with E-state index in [9.17, 15) is 4.79 Å². The van der Waals surface area contributed by atoms with Crippen LogP contribution < -0.4 is 16.9 Å². The molecule has 0 aliphatic carbocycles. The third-order valence-electron chi connectivity index (χ3n) is 2.87. The second-order valence-electron chi connectivity index (χ2n) is 4.32. The lowest BCUT2D eigenvalue weighted by atomic mass is 10.1. The molecule has 1 aromatic rings. The Morgan fingerprint density at radius 3 is 2.95 bits per heavy atom. The lowest BCUT2D eigenvalue weighted by Gasteiger charge is -2.22. The maximum Gasteiger partial charge on any atom is 0.303 e. The van der Waals surface area contributed by atoms with Gasteiger partial charge in [-0.05, 0) is 6.07 Å². The van der Waals surface area contributed by atoms with Crippen molar-refractivity contribution in [1.29, 1.82) is 0 Å². The summed E-state index contributed by atoms with van der Waals surface area (Å²) in [5.74, 6) is 5.65. The molecule has 0 radical (unpaired) electrons. The van der Waals surface area contributed by atoms with Gasteiger partial charge < -0.3 is 20.8 Å². The van der Waals surface area contributed by atoms with E-state index < -0.39 is 0 Å². The molecule has 0 saturated carbocycles. The first kappa shape index (κ1) is 13.2. The normalized spacial score (nSPS) is 17.1. The molecule has 0 saturated heterocycles. The standard InChI is InChI=1S/C13H18N4O2/c1-9(18)19-8-11(14)13-10-4-2-3-5-12(10)16-6-7-17(13)15/h2-5,16H,6-8,14-15H2,1H3/b13-11-. The fourth-order valence-electron chi connectivity index (χ4n) is 2.03. The average molecular weight is 262 g/mol. The van der Waals surface area contributed by atoms with Gasteiger partial charge in [0.05, 0.1) is 17.9 Å². The first-order chi connectivity index (χ1) is 9.09. The number of nitrogens with zero attached hydrogens (tertiary/aromatic N) is 1. The molecule has 1 aliphatic rings. The van der Waals surface area contributed by atoms with Gasteiger partial charge >= 0.3 is 5.97 Å². The summed E-state index contributed by atoms with van der Waals surface area (Å²) in [6.45, 7) is 2.72. The molecule has 0 fully saturated rings. The van der Waals surface area contributed by atoms with Gasteiger partial charge in [0.15, 0.2) is 0 Å². The SMILES string of the molecule is CC(=O)OC/C(N)=C1\c2ccccc2NCCN1N. The first-order valence-electron chi connectivity index (χ1n) is 6.07. The van der Waals surface area contributed by atoms with Crippen molar-refractivity contribution in [3.8, 4) is 0 Å². The quantitative estimate of drug-likeness (QED) is 0.530. The van der Waals surface area contributed by atoms with Crippen LogP contribution >= 0.6 is 0 Å². The fraction of sp³-hybridized carbons (Fsp3) is 0.308. The van der Waals surface area contributed by atoms with Gasteiger partial charge in [-0.1, -0.05) is 18.2 Å². The van der Waals surface area contributed by atoms with Crippen LogP contribution in [0.3, 0.4) is 0 Å². The highest BCUT2D eigenvalue weighted by molar-refractivity contribution is 5.78. The Morgan fingerprint density at radius 2 is 2.21 bits per heavy atom. The Hall–Kier alpha value is -2.21. The largest absolute Gasteiger partial charge is 0.459 e. The summed E-state index contributed by atoms with van der Waals surface area (Å²) in [6.07, 6.45) is 0. The zero-order valence-electron chi connectivity index (χ0n) is 10.8. The summed E-state index contributed by atoms with van der Waals surface area (Å²) in [7, 11) is 0. The molecule has 1 aliphatic heterocycles. The number of benzene rings is 1. The number of carbonyl (C=O) groups is 1. The predicted molar refractivity (Wildman–Crippen MR) is 73.6 cm³/mol. The molecule has 0 atom stereocenters. The number of carbonyl (C=O) groups excluding carboxylic acids is 1. The first-order valence-corrected chi connectivity index (χ1v) is 6.07. The highest BCUT2D eigenvalue weighted by Crippen LogP contribution is 2.28. The van der Waals surface area contributed by atoms with Gasteiger partial charge in [0.1, 0.15) is 6.61 Å². The Morgan fingerprint density at radius 1 is 1.47 bits per heavy atom. The number of hydrogen-bond acceptors (Lipinski definition) is 6. The molecular weight excluding hydrogens is 244 g/mol. The van der Waals surface area contributed by atoms with E-state index in [2.05, 4.69) is 5.32 Å². The van der Waals surface area contributed by atoms with E-state index in [1.54, 1.807) is 5.01 Å². The van der Waals surface area contributed by atoms with Crippen molar-refractivity contribution in [3.05, 3.63) is 35.5 Å². The molecule has 0 spiro atoms. The van der Waals surface area contributed by atoms with Gasteiger partial charge in [-0.3, -0.25) is 4.79 Å². The number of esters is 1. The molecule has 1 heterocycles. The van der Waals surface area contributed by atoms with Gasteiger partial charge in [0.2, 0.25) is 0 Å². The number of hydrogen-bond donors (Lipinski definition) is 3. The Balaban J connectivity index is 2.40. The van der Waals surface area contributed by atoms with E-state index >= 15 is 0 Å². The van der Waals surface area contributed by atoms with Gasteiger partial charge in [-0.15, -0.1) is 0 Å². The molecule has 1 aromatic carbocycles. The molecule has 6 heteroatoms. The van der Waals surface area contributed by atoms with E-state index in [4.69, 9.17) is 16.3 Å². The van der Waals surface area contributed by atoms with Crippen LogP contribution in [0.4, 0.5) is 5.69 Å². The zero-order valence-corrected chi connectivity index (χ0v) is 10.8. The van der Waals surface area contributed by atoms with Crippen molar-refractivity contribution in [1.82, 2.24) is 5.01 Å². The minimum atomic E-state index is -0.368. The number of para-hydroxylation sites is 1. The van der Waals surface area contributed by atoms with E-state index in [-0.39, 0.29) is 12.6 Å². The van der Waals surface area contributed by atoms with Crippen molar-refractivity contribution in [3.63, 3.8) is 0 Å².